The molecule has 0 spiro atoms. The van der Waals surface area contributed by atoms with Crippen LogP contribution in [0.5, 0.6) is 0 Å². The summed E-state index contributed by atoms with van der Waals surface area (Å²) in [5.74, 6) is 1.84. The van der Waals surface area contributed by atoms with E-state index in [1.807, 2.05) is 0 Å². The Morgan fingerprint density at radius 3 is 2.50 bits per heavy atom. The number of nitrogens with zero attached hydrogens (tertiary/aromatic N) is 1. The highest BCUT2D eigenvalue weighted by atomic mass is 32.2. The first-order chi connectivity index (χ1) is 12.1. The van der Waals surface area contributed by atoms with Gasteiger partial charge < -0.3 is 4.74 Å². The van der Waals surface area contributed by atoms with E-state index in [9.17, 15) is 18.0 Å². The molecule has 0 saturated carbocycles. The molecule has 0 bridgehead atoms. The molecule has 7 nitrogen and oxygen atoms in total. The lowest BCUT2D eigenvalue weighted by atomic mass is 9.96. The van der Waals surface area contributed by atoms with Gasteiger partial charge in [0.2, 0.25) is 5.78 Å². The van der Waals surface area contributed by atoms with Crippen molar-refractivity contribution >= 4 is 15.6 Å². The zero-order valence-electron chi connectivity index (χ0n) is 15.0. The number of hydrogen-bond donors (Lipinski definition) is 1. The first-order valence-corrected chi connectivity index (χ1v) is 9.62. The number of ether oxygens (including phenoxy) is 1. The van der Waals surface area contributed by atoms with Crippen LogP contribution in [0.3, 0.4) is 0 Å². The molecule has 8 heteroatoms. The number of aryl methyl sites for hydroxylation is 2. The Bertz CT molecular complexity index is 1070. The zero-order valence-corrected chi connectivity index (χ0v) is 15.9. The van der Waals surface area contributed by atoms with Crippen LogP contribution in [0, 0.1) is 26.2 Å². The van der Waals surface area contributed by atoms with Crippen molar-refractivity contribution in [3.8, 4) is 12.3 Å². The highest BCUT2D eigenvalue weighted by molar-refractivity contribution is 7.90. The van der Waals surface area contributed by atoms with Crippen LogP contribution in [-0.2, 0) is 28.2 Å². The normalized spacial score (nSPS) is 11.3. The van der Waals surface area contributed by atoms with Crippen LogP contribution in [0.15, 0.2) is 21.8 Å². The molecule has 2 rings (SSSR count). The van der Waals surface area contributed by atoms with Crippen molar-refractivity contribution in [2.45, 2.75) is 25.3 Å². The summed E-state index contributed by atoms with van der Waals surface area (Å²) in [6.45, 7) is 3.22. The molecule has 0 aliphatic carbocycles. The van der Waals surface area contributed by atoms with Gasteiger partial charge in [0, 0.05) is 30.1 Å². The summed E-state index contributed by atoms with van der Waals surface area (Å²) in [4.78, 5) is 25.2. The molecule has 26 heavy (non-hydrogen) atoms. The van der Waals surface area contributed by atoms with Gasteiger partial charge in [0.25, 0.3) is 5.56 Å². The summed E-state index contributed by atoms with van der Waals surface area (Å²) < 4.78 is 30.6. The minimum absolute atomic E-state index is 0.0122. The number of aromatic nitrogens is 2. The van der Waals surface area contributed by atoms with Gasteiger partial charge >= 0.3 is 0 Å². The highest BCUT2D eigenvalue weighted by Crippen LogP contribution is 2.25. The van der Waals surface area contributed by atoms with Gasteiger partial charge in [-0.05, 0) is 31.5 Å². The molecule has 138 valence electrons. The van der Waals surface area contributed by atoms with E-state index in [1.165, 1.54) is 23.9 Å². The molecule has 0 saturated heterocycles. The summed E-state index contributed by atoms with van der Waals surface area (Å²) in [7, 11) is -2.01. The van der Waals surface area contributed by atoms with Gasteiger partial charge in [0.1, 0.15) is 12.2 Å². The fourth-order valence-electron chi connectivity index (χ4n) is 2.81. The monoisotopic (exact) mass is 376 g/mol. The Morgan fingerprint density at radius 2 is 2.00 bits per heavy atom. The van der Waals surface area contributed by atoms with Crippen LogP contribution in [0.2, 0.25) is 0 Å². The lowest BCUT2D eigenvalue weighted by molar-refractivity contribution is 0.103. The third-order valence-electron chi connectivity index (χ3n) is 4.09. The number of nitrogens with one attached hydrogen (secondary N) is 1. The number of ketones is 1. The zero-order chi connectivity index (χ0) is 19.6. The summed E-state index contributed by atoms with van der Waals surface area (Å²) in [5.41, 5.74) is 1.08. The van der Waals surface area contributed by atoms with Crippen molar-refractivity contribution in [3.05, 3.63) is 50.4 Å². The lowest BCUT2D eigenvalue weighted by Gasteiger charge is -2.14. The van der Waals surface area contributed by atoms with Crippen LogP contribution in [0.25, 0.3) is 0 Å². The molecule has 1 aromatic heterocycles. The number of sulfone groups is 1. The van der Waals surface area contributed by atoms with E-state index in [4.69, 9.17) is 11.2 Å². The van der Waals surface area contributed by atoms with Crippen molar-refractivity contribution in [1.82, 2.24) is 9.78 Å². The topological polar surface area (TPSA) is 98.2 Å². The molecular formula is C18H20N2O5S. The number of rotatable bonds is 6. The highest BCUT2D eigenvalue weighted by Gasteiger charge is 2.24. The molecule has 0 amide bonds. The second kappa shape index (κ2) is 7.32. The number of carbonyl (C=O) groups is 1. The summed E-state index contributed by atoms with van der Waals surface area (Å²) in [6, 6.07) is 2.78. The molecule has 0 aliphatic rings. The van der Waals surface area contributed by atoms with E-state index in [1.54, 1.807) is 13.8 Å². The van der Waals surface area contributed by atoms with E-state index in [-0.39, 0.29) is 29.2 Å². The van der Waals surface area contributed by atoms with Crippen LogP contribution < -0.4 is 5.56 Å². The largest absolute Gasteiger partial charge is 0.364 e. The fourth-order valence-corrected chi connectivity index (χ4v) is 3.78. The van der Waals surface area contributed by atoms with Gasteiger partial charge in [0.15, 0.2) is 9.84 Å². The molecule has 2 aromatic rings. The maximum absolute atomic E-state index is 12.9. The molecule has 0 unspecified atom stereocenters. The molecule has 0 atom stereocenters. The van der Waals surface area contributed by atoms with Crippen LogP contribution in [0.1, 0.15) is 32.7 Å². The molecular weight excluding hydrogens is 356 g/mol. The van der Waals surface area contributed by atoms with E-state index in [2.05, 4.69) is 11.0 Å². The van der Waals surface area contributed by atoms with Crippen molar-refractivity contribution in [2.75, 3.05) is 12.9 Å². The van der Waals surface area contributed by atoms with Crippen molar-refractivity contribution in [1.29, 1.82) is 0 Å². The first-order valence-electron chi connectivity index (χ1n) is 7.73. The summed E-state index contributed by atoms with van der Waals surface area (Å²) in [5, 5.41) is 2.78. The summed E-state index contributed by atoms with van der Waals surface area (Å²) >= 11 is 0. The first kappa shape index (κ1) is 19.7. The van der Waals surface area contributed by atoms with Gasteiger partial charge in [-0.1, -0.05) is 5.92 Å². The van der Waals surface area contributed by atoms with Gasteiger partial charge in [-0.3, -0.25) is 19.4 Å². The number of H-pyrrole nitrogens is 1. The fraction of sp³-hybridized carbons (Fsp3) is 0.333. The Balaban J connectivity index is 2.64. The number of benzene rings is 1. The van der Waals surface area contributed by atoms with E-state index < -0.39 is 21.2 Å². The van der Waals surface area contributed by atoms with E-state index >= 15 is 0 Å². The van der Waals surface area contributed by atoms with Gasteiger partial charge in [-0.15, -0.1) is 6.42 Å². The minimum Gasteiger partial charge on any atom is -0.364 e. The molecule has 0 aliphatic heterocycles. The minimum atomic E-state index is -3.53. The van der Waals surface area contributed by atoms with E-state index in [0.29, 0.717) is 16.8 Å². The van der Waals surface area contributed by atoms with Gasteiger partial charge in [-0.2, -0.15) is 0 Å². The second-order valence-corrected chi connectivity index (χ2v) is 7.97. The number of aromatic amines is 1. The van der Waals surface area contributed by atoms with E-state index in [0.717, 1.165) is 6.26 Å². The molecule has 1 aromatic carbocycles. The SMILES string of the molecule is C#CCOCc1c(S(C)(=O)=O)ccc(C(=O)c2c(C)[nH]n(C)c2=O)c1C. The average Bonchev–Trinajstić information content (AvgIpc) is 2.80. The third-order valence-corrected chi connectivity index (χ3v) is 5.27. The molecule has 1 N–H and O–H groups in total. The number of hydrogen-bond acceptors (Lipinski definition) is 5. The number of terminal acetylenes is 1. The molecule has 0 fully saturated rings. The van der Waals surface area contributed by atoms with Crippen molar-refractivity contribution in [3.63, 3.8) is 0 Å². The Kier molecular flexibility index (Phi) is 5.54. The van der Waals surface area contributed by atoms with Crippen molar-refractivity contribution < 1.29 is 17.9 Å². The smallest absolute Gasteiger partial charge is 0.277 e. The van der Waals surface area contributed by atoms with Gasteiger partial charge in [0.05, 0.1) is 11.5 Å². The molecule has 0 radical (unpaired) electrons. The van der Waals surface area contributed by atoms with Crippen LogP contribution >= 0.6 is 0 Å². The quantitative estimate of drug-likeness (QED) is 0.463. The predicted molar refractivity (Wildman–Crippen MR) is 97.0 cm³/mol. The summed E-state index contributed by atoms with van der Waals surface area (Å²) in [6.07, 6.45) is 6.24. The van der Waals surface area contributed by atoms with Crippen molar-refractivity contribution in [2.24, 2.45) is 7.05 Å². The average molecular weight is 376 g/mol. The molecule has 1 heterocycles. The Hall–Kier alpha value is -2.63. The lowest BCUT2D eigenvalue weighted by Crippen LogP contribution is -2.21. The Morgan fingerprint density at radius 1 is 1.35 bits per heavy atom. The maximum Gasteiger partial charge on any atom is 0.277 e. The Labute approximate surface area is 151 Å². The standard InChI is InChI=1S/C18H20N2O5S/c1-6-9-25-10-14-11(2)13(7-8-15(14)26(5,23)24)17(21)16-12(3)19-20(4)18(16)22/h1,7-8,19H,9-10H2,2-5H3. The predicted octanol–water partition coefficient (Wildman–Crippen LogP) is 1.11. The third kappa shape index (κ3) is 3.64. The van der Waals surface area contributed by atoms with Crippen LogP contribution in [0.4, 0.5) is 0 Å². The second-order valence-electron chi connectivity index (χ2n) is 5.99. The van der Waals surface area contributed by atoms with Crippen LogP contribution in [-0.4, -0.2) is 36.8 Å². The van der Waals surface area contributed by atoms with Gasteiger partial charge in [-0.25, -0.2) is 8.42 Å². The maximum atomic E-state index is 12.9. The number of carbonyl (C=O) groups excluding carboxylic acids is 1.